The van der Waals surface area contributed by atoms with Crippen LogP contribution in [0.1, 0.15) is 57.2 Å². The minimum atomic E-state index is 0.536. The molecule has 0 saturated carbocycles. The number of aromatic amines is 1. The van der Waals surface area contributed by atoms with Crippen molar-refractivity contribution in [2.75, 3.05) is 0 Å². The molecule has 8 nitrogen and oxygen atoms in total. The third-order valence-electron chi connectivity index (χ3n) is 5.34. The summed E-state index contributed by atoms with van der Waals surface area (Å²) in [5.41, 5.74) is 3.88. The number of benzene rings is 1. The Bertz CT molecular complexity index is 1110. The first kappa shape index (κ1) is 21.8. The highest BCUT2D eigenvalue weighted by molar-refractivity contribution is 5.76. The summed E-state index contributed by atoms with van der Waals surface area (Å²) in [4.78, 5) is 9.40. The molecule has 0 amide bonds. The molecular weight excluding hydrogens is 400 g/mol. The normalized spacial score (nSPS) is 11.4. The van der Waals surface area contributed by atoms with Crippen molar-refractivity contribution in [3.05, 3.63) is 59.8 Å². The molecule has 0 radical (unpaired) electrons. The van der Waals surface area contributed by atoms with Gasteiger partial charge in [0.25, 0.3) is 0 Å². The molecule has 8 heteroatoms. The van der Waals surface area contributed by atoms with Gasteiger partial charge in [-0.15, -0.1) is 10.2 Å². The average Bonchev–Trinajstić information content (AvgIpc) is 3.45. The number of rotatable bonds is 10. The lowest BCUT2D eigenvalue weighted by Crippen LogP contribution is -2.07. The van der Waals surface area contributed by atoms with E-state index in [9.17, 15) is 0 Å². The van der Waals surface area contributed by atoms with Gasteiger partial charge in [-0.05, 0) is 35.2 Å². The summed E-state index contributed by atoms with van der Waals surface area (Å²) in [5, 5.41) is 19.2. The van der Waals surface area contributed by atoms with Crippen LogP contribution in [0.5, 0.6) is 0 Å². The van der Waals surface area contributed by atoms with E-state index < -0.39 is 0 Å². The first-order valence-corrected chi connectivity index (χ1v) is 11.3. The van der Waals surface area contributed by atoms with Crippen LogP contribution in [0, 0.1) is 5.92 Å². The fraction of sp³-hybridized carbons (Fsp3) is 0.417. The Labute approximate surface area is 188 Å². The zero-order valence-electron chi connectivity index (χ0n) is 19.0. The lowest BCUT2D eigenvalue weighted by atomic mass is 10.0. The van der Waals surface area contributed by atoms with E-state index in [1.807, 2.05) is 12.1 Å². The average molecular weight is 431 g/mol. The lowest BCUT2D eigenvalue weighted by Gasteiger charge is -2.09. The zero-order chi connectivity index (χ0) is 22.3. The highest BCUT2D eigenvalue weighted by atomic mass is 15.5. The number of unbranched alkanes of at least 4 members (excludes halogenated alkanes) is 2. The molecule has 4 rings (SSSR count). The van der Waals surface area contributed by atoms with Crippen LogP contribution in [0.3, 0.4) is 0 Å². The number of hydrogen-bond acceptors (Lipinski definition) is 6. The summed E-state index contributed by atoms with van der Waals surface area (Å²) in [6.45, 7) is 7.35. The van der Waals surface area contributed by atoms with Crippen molar-refractivity contribution < 1.29 is 0 Å². The van der Waals surface area contributed by atoms with Gasteiger partial charge in [0.15, 0.2) is 5.82 Å². The largest absolute Gasteiger partial charge is 0.255 e. The summed E-state index contributed by atoms with van der Waals surface area (Å²) in [6.07, 6.45) is 7.22. The van der Waals surface area contributed by atoms with E-state index >= 15 is 0 Å². The van der Waals surface area contributed by atoms with E-state index in [4.69, 9.17) is 10.1 Å². The van der Waals surface area contributed by atoms with E-state index in [0.29, 0.717) is 18.3 Å². The molecular formula is C24H30N8. The van der Waals surface area contributed by atoms with Gasteiger partial charge in [0, 0.05) is 30.2 Å². The highest BCUT2D eigenvalue weighted by Gasteiger charge is 2.14. The molecule has 0 atom stereocenters. The van der Waals surface area contributed by atoms with Gasteiger partial charge in [0.1, 0.15) is 5.82 Å². The van der Waals surface area contributed by atoms with Crippen LogP contribution in [0.2, 0.25) is 0 Å². The van der Waals surface area contributed by atoms with Gasteiger partial charge in [-0.25, -0.2) is 9.67 Å². The molecule has 3 heterocycles. The second-order valence-corrected chi connectivity index (χ2v) is 8.49. The fourth-order valence-electron chi connectivity index (χ4n) is 3.76. The number of aryl methyl sites for hydroxylation is 1. The third kappa shape index (κ3) is 5.25. The molecule has 3 aromatic heterocycles. The first-order valence-electron chi connectivity index (χ1n) is 11.3. The molecule has 0 fully saturated rings. The third-order valence-corrected chi connectivity index (χ3v) is 5.34. The number of aromatic nitrogens is 8. The molecule has 1 N–H and O–H groups in total. The Balaban J connectivity index is 1.55. The van der Waals surface area contributed by atoms with Crippen molar-refractivity contribution in [2.24, 2.45) is 5.92 Å². The van der Waals surface area contributed by atoms with E-state index in [0.717, 1.165) is 47.7 Å². The van der Waals surface area contributed by atoms with Crippen molar-refractivity contribution in [2.45, 2.75) is 59.4 Å². The Morgan fingerprint density at radius 1 is 1.06 bits per heavy atom. The van der Waals surface area contributed by atoms with Crippen molar-refractivity contribution in [1.82, 2.24) is 40.4 Å². The molecule has 0 unspecified atom stereocenters. The summed E-state index contributed by atoms with van der Waals surface area (Å²) in [6, 6.07) is 12.3. The fourth-order valence-corrected chi connectivity index (χ4v) is 3.76. The monoisotopic (exact) mass is 430 g/mol. The van der Waals surface area contributed by atoms with Gasteiger partial charge >= 0.3 is 0 Å². The predicted octanol–water partition coefficient (Wildman–Crippen LogP) is 4.50. The number of hydrogen-bond donors (Lipinski definition) is 1. The quantitative estimate of drug-likeness (QED) is 0.372. The van der Waals surface area contributed by atoms with Gasteiger partial charge in [0.2, 0.25) is 5.82 Å². The zero-order valence-corrected chi connectivity index (χ0v) is 19.0. The van der Waals surface area contributed by atoms with Crippen molar-refractivity contribution >= 4 is 0 Å². The Kier molecular flexibility index (Phi) is 6.99. The maximum absolute atomic E-state index is 4.84. The van der Waals surface area contributed by atoms with Crippen LogP contribution in [0.4, 0.5) is 0 Å². The Morgan fingerprint density at radius 3 is 2.62 bits per heavy atom. The van der Waals surface area contributed by atoms with Crippen LogP contribution >= 0.6 is 0 Å². The number of nitrogens with zero attached hydrogens (tertiary/aromatic N) is 7. The molecule has 0 saturated heterocycles. The molecule has 0 bridgehead atoms. The maximum Gasteiger partial charge on any atom is 0.206 e. The Morgan fingerprint density at radius 2 is 1.91 bits per heavy atom. The van der Waals surface area contributed by atoms with E-state index in [1.165, 1.54) is 18.4 Å². The van der Waals surface area contributed by atoms with Gasteiger partial charge in [-0.3, -0.25) is 4.98 Å². The number of nitrogens with one attached hydrogen (secondary N) is 1. The van der Waals surface area contributed by atoms with Crippen molar-refractivity contribution in [3.63, 3.8) is 0 Å². The van der Waals surface area contributed by atoms with Gasteiger partial charge in [0.05, 0.1) is 12.2 Å². The maximum atomic E-state index is 4.84. The highest BCUT2D eigenvalue weighted by Crippen LogP contribution is 2.27. The smallest absolute Gasteiger partial charge is 0.206 e. The summed E-state index contributed by atoms with van der Waals surface area (Å²) in [7, 11) is 0. The van der Waals surface area contributed by atoms with E-state index in [-0.39, 0.29) is 0 Å². The van der Waals surface area contributed by atoms with Crippen LogP contribution in [-0.2, 0) is 19.4 Å². The molecule has 4 aromatic rings. The lowest BCUT2D eigenvalue weighted by molar-refractivity contribution is 0.589. The van der Waals surface area contributed by atoms with Gasteiger partial charge in [-0.1, -0.05) is 57.9 Å². The molecule has 0 aliphatic carbocycles. The van der Waals surface area contributed by atoms with Crippen molar-refractivity contribution in [3.8, 4) is 22.6 Å². The standard InChI is InChI=1S/C24H30N8/c1-4-5-6-9-22-26-21(15-17(2)3)29-32(22)16-18-10-12-19(13-11-18)23-20(8-7-14-25-23)24-27-30-31-28-24/h7-8,10-14,17H,4-6,9,15-16H2,1-3H3,(H,27,28,30,31). The van der Waals surface area contributed by atoms with Crippen LogP contribution in [0.15, 0.2) is 42.6 Å². The minimum absolute atomic E-state index is 0.536. The van der Waals surface area contributed by atoms with Gasteiger partial charge in [-0.2, -0.15) is 10.3 Å². The van der Waals surface area contributed by atoms with E-state index in [1.54, 1.807) is 6.20 Å². The number of H-pyrrole nitrogens is 1. The summed E-state index contributed by atoms with van der Waals surface area (Å²) < 4.78 is 2.08. The SMILES string of the molecule is CCCCCc1nc(CC(C)C)nn1Cc1ccc(-c2ncccc2-c2nn[nH]n2)cc1. The summed E-state index contributed by atoms with van der Waals surface area (Å²) >= 11 is 0. The van der Waals surface area contributed by atoms with Gasteiger partial charge < -0.3 is 0 Å². The minimum Gasteiger partial charge on any atom is -0.255 e. The molecule has 166 valence electrons. The van der Waals surface area contributed by atoms with Crippen LogP contribution in [0.25, 0.3) is 22.6 Å². The van der Waals surface area contributed by atoms with Crippen LogP contribution in [-0.4, -0.2) is 40.4 Å². The van der Waals surface area contributed by atoms with E-state index in [2.05, 4.69) is 75.3 Å². The molecule has 0 aliphatic rings. The number of pyridine rings is 1. The molecule has 1 aromatic carbocycles. The number of tetrazole rings is 1. The molecule has 32 heavy (non-hydrogen) atoms. The Hall–Kier alpha value is -3.42. The second-order valence-electron chi connectivity index (χ2n) is 8.49. The summed E-state index contributed by atoms with van der Waals surface area (Å²) in [5.74, 6) is 3.11. The second kappa shape index (κ2) is 10.3. The molecule has 0 spiro atoms. The van der Waals surface area contributed by atoms with Crippen LogP contribution < -0.4 is 0 Å². The first-order chi connectivity index (χ1) is 15.6. The predicted molar refractivity (Wildman–Crippen MR) is 124 cm³/mol. The molecule has 0 aliphatic heterocycles. The topological polar surface area (TPSA) is 98.1 Å². The van der Waals surface area contributed by atoms with Crippen molar-refractivity contribution in [1.29, 1.82) is 0 Å².